The molecule has 0 bridgehead atoms. The molecule has 2 N–H and O–H groups in total. The smallest absolute Gasteiger partial charge is 0.164 e. The van der Waals surface area contributed by atoms with Gasteiger partial charge in [-0.3, -0.25) is 4.79 Å². The Kier molecular flexibility index (Phi) is 4.06. The number of aldehydes is 1. The molecule has 0 aromatic carbocycles. The highest BCUT2D eigenvalue weighted by molar-refractivity contribution is 5.86. The van der Waals surface area contributed by atoms with Gasteiger partial charge in [0.1, 0.15) is 11.7 Å². The Bertz CT molecular complexity index is 176. The summed E-state index contributed by atoms with van der Waals surface area (Å²) in [4.78, 5) is 21.2. The van der Waals surface area contributed by atoms with E-state index in [1.807, 2.05) is 0 Å². The van der Waals surface area contributed by atoms with Crippen molar-refractivity contribution in [2.75, 3.05) is 0 Å². The maximum Gasteiger partial charge on any atom is 0.164 e. The number of aliphatic hydroxyl groups excluding tert-OH is 1. The summed E-state index contributed by atoms with van der Waals surface area (Å²) < 4.78 is 0. The normalized spacial score (nSPS) is 18.0. The van der Waals surface area contributed by atoms with Crippen LogP contribution in [0, 0.1) is 0 Å². The van der Waals surface area contributed by atoms with E-state index in [0.717, 1.165) is 0 Å². The van der Waals surface area contributed by atoms with Gasteiger partial charge < -0.3 is 15.0 Å². The van der Waals surface area contributed by atoms with Crippen molar-refractivity contribution < 1.29 is 19.8 Å². The van der Waals surface area contributed by atoms with Gasteiger partial charge in [0.2, 0.25) is 0 Å². The van der Waals surface area contributed by atoms with Gasteiger partial charge in [-0.15, -0.1) is 0 Å². The Morgan fingerprint density at radius 2 is 2.17 bits per heavy atom. The van der Waals surface area contributed by atoms with Crippen molar-refractivity contribution >= 4 is 12.1 Å². The minimum absolute atomic E-state index is 0.176. The Morgan fingerprint density at radius 1 is 1.67 bits per heavy atom. The number of hydrogen-bond donors (Lipinski definition) is 2. The van der Waals surface area contributed by atoms with Crippen molar-refractivity contribution in [2.24, 2.45) is 0 Å². The minimum Gasteiger partial charge on any atom is -0.386 e. The second kappa shape index (κ2) is 4.33. The second-order valence-corrected chi connectivity index (χ2v) is 2.89. The van der Waals surface area contributed by atoms with E-state index in [4.69, 9.17) is 5.11 Å². The maximum atomic E-state index is 10.9. The molecular weight excluding hydrogens is 160 g/mol. The third-order valence-electron chi connectivity index (χ3n) is 1.78. The molecule has 0 aliphatic heterocycles. The largest absolute Gasteiger partial charge is 0.386 e. The molecule has 0 saturated carbocycles. The molecule has 2 atom stereocenters. The molecule has 2 unspecified atom stereocenters. The van der Waals surface area contributed by atoms with E-state index in [-0.39, 0.29) is 12.8 Å². The van der Waals surface area contributed by atoms with E-state index in [9.17, 15) is 14.7 Å². The van der Waals surface area contributed by atoms with E-state index >= 15 is 0 Å². The van der Waals surface area contributed by atoms with Gasteiger partial charge in [-0.05, 0) is 13.3 Å². The lowest BCUT2D eigenvalue weighted by Gasteiger charge is -2.18. The summed E-state index contributed by atoms with van der Waals surface area (Å²) in [7, 11) is 0. The molecule has 0 spiro atoms. The lowest BCUT2D eigenvalue weighted by molar-refractivity contribution is -0.137. The molecule has 12 heavy (non-hydrogen) atoms. The Balaban J connectivity index is 4.21. The number of carbonyl (C=O) groups excluding carboxylic acids is 2. The predicted octanol–water partition coefficient (Wildman–Crippen LogP) is -0.334. The van der Waals surface area contributed by atoms with Crippen LogP contribution in [0.4, 0.5) is 0 Å². The number of ketones is 1. The highest BCUT2D eigenvalue weighted by Gasteiger charge is 2.28. The zero-order chi connectivity index (χ0) is 9.78. The average Bonchev–Trinajstić information content (AvgIpc) is 2.04. The van der Waals surface area contributed by atoms with Crippen LogP contribution in [-0.4, -0.2) is 34.0 Å². The van der Waals surface area contributed by atoms with Crippen molar-refractivity contribution in [3.8, 4) is 0 Å². The highest BCUT2D eigenvalue weighted by Crippen LogP contribution is 2.13. The molecule has 0 aliphatic carbocycles. The van der Waals surface area contributed by atoms with E-state index in [1.165, 1.54) is 6.92 Å². The average molecular weight is 174 g/mol. The van der Waals surface area contributed by atoms with Gasteiger partial charge in [-0.2, -0.15) is 0 Å². The van der Waals surface area contributed by atoms with Crippen LogP contribution in [0.2, 0.25) is 0 Å². The van der Waals surface area contributed by atoms with Gasteiger partial charge in [0, 0.05) is 6.42 Å². The summed E-state index contributed by atoms with van der Waals surface area (Å²) in [5, 5.41) is 18.1. The van der Waals surface area contributed by atoms with Crippen LogP contribution in [-0.2, 0) is 9.59 Å². The van der Waals surface area contributed by atoms with Gasteiger partial charge in [0.15, 0.2) is 12.1 Å². The van der Waals surface area contributed by atoms with Crippen LogP contribution >= 0.6 is 0 Å². The van der Waals surface area contributed by atoms with E-state index < -0.39 is 17.5 Å². The summed E-state index contributed by atoms with van der Waals surface area (Å²) in [6.45, 7) is 2.91. The van der Waals surface area contributed by atoms with Gasteiger partial charge >= 0.3 is 0 Å². The minimum atomic E-state index is -1.60. The number of Topliss-reactive ketones (excluding diaryl/α,β-unsaturated/α-hetero) is 1. The first-order chi connectivity index (χ1) is 5.45. The van der Waals surface area contributed by atoms with Crippen LogP contribution in [0.3, 0.4) is 0 Å². The molecule has 0 amide bonds. The molecular formula is C8H14O4. The lowest BCUT2D eigenvalue weighted by atomic mass is 9.94. The SMILES string of the molecule is CCC(O)(C=O)CC(=O)C(C)O. The topological polar surface area (TPSA) is 74.6 Å². The fourth-order valence-electron chi connectivity index (χ4n) is 0.699. The summed E-state index contributed by atoms with van der Waals surface area (Å²) in [6, 6.07) is 0. The van der Waals surface area contributed by atoms with Crippen molar-refractivity contribution in [1.29, 1.82) is 0 Å². The monoisotopic (exact) mass is 174 g/mol. The molecule has 4 heteroatoms. The Hall–Kier alpha value is -0.740. The van der Waals surface area contributed by atoms with Crippen LogP contribution in [0.25, 0.3) is 0 Å². The standard InChI is InChI=1S/C8H14O4/c1-3-8(12,5-9)4-7(11)6(2)10/h5-6,10,12H,3-4H2,1-2H3. The molecule has 0 rings (SSSR count). The third kappa shape index (κ3) is 3.11. The van der Waals surface area contributed by atoms with Gasteiger partial charge in [0.05, 0.1) is 0 Å². The predicted molar refractivity (Wildman–Crippen MR) is 42.6 cm³/mol. The van der Waals surface area contributed by atoms with Crippen LogP contribution in [0.1, 0.15) is 26.7 Å². The number of aliphatic hydroxyl groups is 2. The summed E-state index contributed by atoms with van der Waals surface area (Å²) in [5.41, 5.74) is -1.60. The first-order valence-electron chi connectivity index (χ1n) is 3.84. The number of rotatable bonds is 5. The highest BCUT2D eigenvalue weighted by atomic mass is 16.3. The van der Waals surface area contributed by atoms with Crippen LogP contribution in [0.5, 0.6) is 0 Å². The number of carbonyl (C=O) groups is 2. The van der Waals surface area contributed by atoms with Crippen LogP contribution in [0.15, 0.2) is 0 Å². The fraction of sp³-hybridized carbons (Fsp3) is 0.750. The molecule has 4 nitrogen and oxygen atoms in total. The van der Waals surface area contributed by atoms with Gasteiger partial charge in [0.25, 0.3) is 0 Å². The molecule has 70 valence electrons. The van der Waals surface area contributed by atoms with E-state index in [0.29, 0.717) is 6.29 Å². The van der Waals surface area contributed by atoms with Crippen LogP contribution < -0.4 is 0 Å². The first kappa shape index (κ1) is 11.3. The number of hydrogen-bond acceptors (Lipinski definition) is 4. The molecule has 0 radical (unpaired) electrons. The zero-order valence-electron chi connectivity index (χ0n) is 7.28. The summed E-state index contributed by atoms with van der Waals surface area (Å²) >= 11 is 0. The summed E-state index contributed by atoms with van der Waals surface area (Å²) in [6.07, 6.45) is -0.921. The van der Waals surface area contributed by atoms with E-state index in [2.05, 4.69) is 0 Å². The van der Waals surface area contributed by atoms with Crippen molar-refractivity contribution in [3.05, 3.63) is 0 Å². The zero-order valence-corrected chi connectivity index (χ0v) is 7.28. The fourth-order valence-corrected chi connectivity index (χ4v) is 0.699. The van der Waals surface area contributed by atoms with Gasteiger partial charge in [-0.1, -0.05) is 6.92 Å². The second-order valence-electron chi connectivity index (χ2n) is 2.89. The Morgan fingerprint density at radius 3 is 2.42 bits per heavy atom. The molecule has 0 aromatic heterocycles. The quantitative estimate of drug-likeness (QED) is 0.559. The summed E-state index contributed by atoms with van der Waals surface area (Å²) in [5.74, 6) is -0.522. The van der Waals surface area contributed by atoms with Crippen molar-refractivity contribution in [3.63, 3.8) is 0 Å². The van der Waals surface area contributed by atoms with E-state index in [1.54, 1.807) is 6.92 Å². The third-order valence-corrected chi connectivity index (χ3v) is 1.78. The maximum absolute atomic E-state index is 10.9. The molecule has 0 heterocycles. The molecule has 0 fully saturated rings. The van der Waals surface area contributed by atoms with Crippen molar-refractivity contribution in [1.82, 2.24) is 0 Å². The molecule has 0 aliphatic rings. The Labute approximate surface area is 71.2 Å². The first-order valence-corrected chi connectivity index (χ1v) is 3.84. The molecule has 0 saturated heterocycles. The van der Waals surface area contributed by atoms with Gasteiger partial charge in [-0.25, -0.2) is 0 Å². The molecule has 0 aromatic rings. The van der Waals surface area contributed by atoms with Crippen molar-refractivity contribution in [2.45, 2.75) is 38.4 Å². The lowest BCUT2D eigenvalue weighted by Crippen LogP contribution is -2.35.